The van der Waals surface area contributed by atoms with Crippen LogP contribution < -0.4 is 5.73 Å². The molecule has 1 unspecified atom stereocenters. The normalized spacial score (nSPS) is 19.1. The highest BCUT2D eigenvalue weighted by Gasteiger charge is 2.32. The van der Waals surface area contributed by atoms with Crippen LogP contribution in [-0.4, -0.2) is 36.5 Å². The number of carbonyl (C=O) groups excluding carboxylic acids is 2. The molecule has 2 rings (SSSR count). The number of anilines is 1. The van der Waals surface area contributed by atoms with Crippen molar-refractivity contribution in [2.45, 2.75) is 12.5 Å². The summed E-state index contributed by atoms with van der Waals surface area (Å²) in [6.45, 7) is 0.551. The van der Waals surface area contributed by atoms with Gasteiger partial charge in [0, 0.05) is 25.7 Å². The third kappa shape index (κ3) is 2.27. The van der Waals surface area contributed by atoms with Gasteiger partial charge in [-0.1, -0.05) is 0 Å². The first-order valence-corrected chi connectivity index (χ1v) is 5.50. The van der Waals surface area contributed by atoms with Crippen molar-refractivity contribution in [3.63, 3.8) is 0 Å². The standard InChI is InChI=1S/C12H13FN2O3/c1-15-5-4-10(11(15)16)18-12(17)8-3-2-7(13)6-9(8)14/h2-3,6,10H,4-5,14H2,1H3. The zero-order valence-electron chi connectivity index (χ0n) is 9.85. The number of benzene rings is 1. The second-order valence-corrected chi connectivity index (χ2v) is 4.17. The number of ether oxygens (including phenoxy) is 1. The highest BCUT2D eigenvalue weighted by atomic mass is 19.1. The molecule has 1 atom stereocenters. The van der Waals surface area contributed by atoms with E-state index in [9.17, 15) is 14.0 Å². The number of nitrogen functional groups attached to an aromatic ring is 1. The second kappa shape index (κ2) is 4.64. The van der Waals surface area contributed by atoms with Crippen molar-refractivity contribution in [2.75, 3.05) is 19.3 Å². The summed E-state index contributed by atoms with van der Waals surface area (Å²) in [6.07, 6.45) is -0.311. The number of esters is 1. The minimum atomic E-state index is -0.771. The molecular formula is C12H13FN2O3. The summed E-state index contributed by atoms with van der Waals surface area (Å²) in [4.78, 5) is 24.9. The van der Waals surface area contributed by atoms with Gasteiger partial charge in [0.15, 0.2) is 6.10 Å². The van der Waals surface area contributed by atoms with Crippen molar-refractivity contribution in [1.29, 1.82) is 0 Å². The summed E-state index contributed by atoms with van der Waals surface area (Å²) in [5, 5.41) is 0. The first-order chi connectivity index (χ1) is 8.49. The number of hydrogen-bond donors (Lipinski definition) is 1. The summed E-state index contributed by atoms with van der Waals surface area (Å²) >= 11 is 0. The average molecular weight is 252 g/mol. The molecule has 1 heterocycles. The summed E-state index contributed by atoms with van der Waals surface area (Å²) in [6, 6.07) is 3.41. The predicted molar refractivity (Wildman–Crippen MR) is 62.3 cm³/mol. The van der Waals surface area contributed by atoms with E-state index in [0.717, 1.165) is 12.1 Å². The molecule has 0 saturated carbocycles. The first kappa shape index (κ1) is 12.3. The van der Waals surface area contributed by atoms with Crippen LogP contribution in [0.2, 0.25) is 0 Å². The quantitative estimate of drug-likeness (QED) is 0.624. The van der Waals surface area contributed by atoms with Gasteiger partial charge in [-0.15, -0.1) is 0 Å². The molecule has 18 heavy (non-hydrogen) atoms. The Kier molecular flexibility index (Phi) is 3.18. The molecule has 2 N–H and O–H groups in total. The van der Waals surface area contributed by atoms with Crippen LogP contribution in [-0.2, 0) is 9.53 Å². The Hall–Kier alpha value is -2.11. The van der Waals surface area contributed by atoms with Crippen molar-refractivity contribution in [1.82, 2.24) is 4.90 Å². The van der Waals surface area contributed by atoms with Gasteiger partial charge < -0.3 is 15.4 Å². The van der Waals surface area contributed by atoms with Crippen molar-refractivity contribution in [3.05, 3.63) is 29.6 Å². The number of likely N-dealkylation sites (tertiary alicyclic amines) is 1. The Balaban J connectivity index is 2.11. The van der Waals surface area contributed by atoms with Gasteiger partial charge in [-0.3, -0.25) is 4.79 Å². The van der Waals surface area contributed by atoms with E-state index in [1.165, 1.54) is 11.0 Å². The molecule has 0 radical (unpaired) electrons. The van der Waals surface area contributed by atoms with Crippen LogP contribution in [0.15, 0.2) is 18.2 Å². The molecule has 1 aliphatic heterocycles. The van der Waals surface area contributed by atoms with E-state index < -0.39 is 17.9 Å². The van der Waals surface area contributed by atoms with E-state index in [1.54, 1.807) is 7.05 Å². The molecule has 1 amide bonds. The van der Waals surface area contributed by atoms with Gasteiger partial charge >= 0.3 is 5.97 Å². The number of amides is 1. The van der Waals surface area contributed by atoms with Crippen LogP contribution in [0.3, 0.4) is 0 Å². The Morgan fingerprint density at radius 2 is 2.28 bits per heavy atom. The van der Waals surface area contributed by atoms with Crippen LogP contribution in [0.25, 0.3) is 0 Å². The maximum atomic E-state index is 12.8. The van der Waals surface area contributed by atoms with E-state index in [0.29, 0.717) is 13.0 Å². The Morgan fingerprint density at radius 1 is 1.56 bits per heavy atom. The monoisotopic (exact) mass is 252 g/mol. The second-order valence-electron chi connectivity index (χ2n) is 4.17. The molecule has 0 bridgehead atoms. The van der Waals surface area contributed by atoms with Gasteiger partial charge in [0.1, 0.15) is 5.82 Å². The molecule has 1 fully saturated rings. The lowest BCUT2D eigenvalue weighted by Crippen LogP contribution is -2.29. The molecule has 0 spiro atoms. The number of rotatable bonds is 2. The third-order valence-corrected chi connectivity index (χ3v) is 2.86. The van der Waals surface area contributed by atoms with E-state index in [4.69, 9.17) is 10.5 Å². The van der Waals surface area contributed by atoms with E-state index in [2.05, 4.69) is 0 Å². The number of likely N-dealkylation sites (N-methyl/N-ethyl adjacent to an activating group) is 1. The summed E-state index contributed by atoms with van der Waals surface area (Å²) < 4.78 is 17.9. The van der Waals surface area contributed by atoms with Gasteiger partial charge in [0.2, 0.25) is 0 Å². The fourth-order valence-corrected chi connectivity index (χ4v) is 1.81. The zero-order valence-corrected chi connectivity index (χ0v) is 9.85. The fourth-order valence-electron chi connectivity index (χ4n) is 1.81. The number of nitrogens with two attached hydrogens (primary N) is 1. The van der Waals surface area contributed by atoms with Gasteiger partial charge in [-0.25, -0.2) is 9.18 Å². The van der Waals surface area contributed by atoms with Crippen LogP contribution in [0, 0.1) is 5.82 Å². The van der Waals surface area contributed by atoms with Crippen molar-refractivity contribution >= 4 is 17.6 Å². The largest absolute Gasteiger partial charge is 0.449 e. The molecule has 6 heteroatoms. The van der Waals surface area contributed by atoms with Crippen molar-refractivity contribution in [2.24, 2.45) is 0 Å². The van der Waals surface area contributed by atoms with Gasteiger partial charge in [0.25, 0.3) is 5.91 Å². The van der Waals surface area contributed by atoms with Crippen LogP contribution >= 0.6 is 0 Å². The first-order valence-electron chi connectivity index (χ1n) is 5.50. The van der Waals surface area contributed by atoms with E-state index in [-0.39, 0.29) is 17.2 Å². The van der Waals surface area contributed by atoms with Crippen LogP contribution in [0.1, 0.15) is 16.8 Å². The number of nitrogens with zero attached hydrogens (tertiary/aromatic N) is 1. The molecule has 0 aliphatic carbocycles. The lowest BCUT2D eigenvalue weighted by molar-refractivity contribution is -0.133. The fraction of sp³-hybridized carbons (Fsp3) is 0.333. The average Bonchev–Trinajstić information content (AvgIpc) is 2.61. The van der Waals surface area contributed by atoms with Gasteiger partial charge in [-0.05, 0) is 18.2 Å². The summed E-state index contributed by atoms with van der Waals surface area (Å²) in [5.74, 6) is -1.47. The minimum Gasteiger partial charge on any atom is -0.449 e. The SMILES string of the molecule is CN1CCC(OC(=O)c2ccc(F)cc2N)C1=O. The number of carbonyl (C=O) groups is 2. The van der Waals surface area contributed by atoms with Crippen molar-refractivity contribution < 1.29 is 18.7 Å². The van der Waals surface area contributed by atoms with Crippen LogP contribution in [0.4, 0.5) is 10.1 Å². The third-order valence-electron chi connectivity index (χ3n) is 2.86. The molecule has 96 valence electrons. The molecule has 1 saturated heterocycles. The van der Waals surface area contributed by atoms with E-state index >= 15 is 0 Å². The summed E-state index contributed by atoms with van der Waals surface area (Å²) in [7, 11) is 1.64. The molecular weight excluding hydrogens is 239 g/mol. The van der Waals surface area contributed by atoms with Crippen molar-refractivity contribution in [3.8, 4) is 0 Å². The predicted octanol–water partition coefficient (Wildman–Crippen LogP) is 0.795. The molecule has 1 aromatic carbocycles. The van der Waals surface area contributed by atoms with Gasteiger partial charge in [-0.2, -0.15) is 0 Å². The van der Waals surface area contributed by atoms with Gasteiger partial charge in [0.05, 0.1) is 5.56 Å². The minimum absolute atomic E-state index is 0.00111. The molecule has 5 nitrogen and oxygen atoms in total. The lowest BCUT2D eigenvalue weighted by Gasteiger charge is -2.12. The maximum Gasteiger partial charge on any atom is 0.341 e. The van der Waals surface area contributed by atoms with Crippen LogP contribution in [0.5, 0.6) is 0 Å². The Labute approximate surface area is 103 Å². The highest BCUT2D eigenvalue weighted by Crippen LogP contribution is 2.18. The molecule has 1 aliphatic rings. The Morgan fingerprint density at radius 3 is 2.83 bits per heavy atom. The Bertz CT molecular complexity index is 504. The highest BCUT2D eigenvalue weighted by molar-refractivity contribution is 5.97. The smallest absolute Gasteiger partial charge is 0.341 e. The van der Waals surface area contributed by atoms with E-state index in [1.807, 2.05) is 0 Å². The molecule has 0 aromatic heterocycles. The maximum absolute atomic E-state index is 12.8. The lowest BCUT2D eigenvalue weighted by atomic mass is 10.2. The zero-order chi connectivity index (χ0) is 13.3. The number of halogens is 1. The molecule has 1 aromatic rings. The number of hydrogen-bond acceptors (Lipinski definition) is 4. The summed E-state index contributed by atoms with van der Waals surface area (Å²) in [5.41, 5.74) is 5.59. The topological polar surface area (TPSA) is 72.6 Å².